The predicted molar refractivity (Wildman–Crippen MR) is 119 cm³/mol. The van der Waals surface area contributed by atoms with Gasteiger partial charge in [0.2, 0.25) is 5.91 Å². The molecule has 1 aliphatic carbocycles. The Morgan fingerprint density at radius 1 is 1.06 bits per heavy atom. The van der Waals surface area contributed by atoms with Gasteiger partial charge in [-0.3, -0.25) is 4.79 Å². The minimum absolute atomic E-state index is 0.0364. The summed E-state index contributed by atoms with van der Waals surface area (Å²) in [6.45, 7) is 0.278. The molecule has 6 nitrogen and oxygen atoms in total. The summed E-state index contributed by atoms with van der Waals surface area (Å²) in [6.07, 6.45) is 7.95. The Kier molecular flexibility index (Phi) is 7.60. The van der Waals surface area contributed by atoms with Gasteiger partial charge in [-0.1, -0.05) is 43.5 Å². The second kappa shape index (κ2) is 10.6. The van der Waals surface area contributed by atoms with Crippen molar-refractivity contribution in [3.8, 4) is 0 Å². The Balaban J connectivity index is 1.93. The Labute approximate surface area is 182 Å². The number of hydrogen-bond acceptors (Lipinski definition) is 4. The third kappa shape index (κ3) is 6.04. The molecule has 31 heavy (non-hydrogen) atoms. The minimum Gasteiger partial charge on any atom is -0.478 e. The van der Waals surface area contributed by atoms with Crippen molar-refractivity contribution in [3.05, 3.63) is 71.3 Å². The maximum Gasteiger partial charge on any atom is 0.335 e. The fourth-order valence-corrected chi connectivity index (χ4v) is 3.88. The summed E-state index contributed by atoms with van der Waals surface area (Å²) in [7, 11) is 1.32. The van der Waals surface area contributed by atoms with E-state index in [1.54, 1.807) is 23.1 Å². The van der Waals surface area contributed by atoms with Gasteiger partial charge in [-0.2, -0.15) is 0 Å². The van der Waals surface area contributed by atoms with Crippen LogP contribution in [0, 0.1) is 5.92 Å². The molecule has 3 rings (SSSR count). The Morgan fingerprint density at radius 2 is 1.81 bits per heavy atom. The average Bonchev–Trinajstić information content (AvgIpc) is 2.81. The predicted octanol–water partition coefficient (Wildman–Crippen LogP) is 4.68. The minimum atomic E-state index is -0.998. The van der Waals surface area contributed by atoms with E-state index in [-0.39, 0.29) is 23.9 Å². The van der Waals surface area contributed by atoms with E-state index in [4.69, 9.17) is 0 Å². The van der Waals surface area contributed by atoms with E-state index in [0.29, 0.717) is 5.69 Å². The van der Waals surface area contributed by atoms with Gasteiger partial charge >= 0.3 is 11.9 Å². The number of carboxylic acids is 1. The maximum atomic E-state index is 13.5. The molecule has 6 heteroatoms. The molecule has 1 N–H and O–H groups in total. The largest absolute Gasteiger partial charge is 0.478 e. The van der Waals surface area contributed by atoms with Gasteiger partial charge in [0.15, 0.2) is 0 Å². The van der Waals surface area contributed by atoms with Crippen LogP contribution in [0.25, 0.3) is 6.08 Å². The molecule has 0 aliphatic heterocycles. The lowest BCUT2D eigenvalue weighted by Crippen LogP contribution is -2.36. The third-order valence-electron chi connectivity index (χ3n) is 5.53. The van der Waals surface area contributed by atoms with E-state index < -0.39 is 11.9 Å². The van der Waals surface area contributed by atoms with Crippen LogP contribution in [-0.4, -0.2) is 30.1 Å². The number of hydrogen-bond donors (Lipinski definition) is 1. The standard InChI is InChI=1S/C25H27NO5/c1-31-23(27)14-13-18-7-6-12-22(16-18)26(24(28)20-9-3-2-4-10-20)17-19-8-5-11-21(15-19)25(29)30/h5-8,11-16,20H,2-4,9-10,17H2,1H3,(H,29,30)/b14-13+. The van der Waals surface area contributed by atoms with Crippen LogP contribution in [0.2, 0.25) is 0 Å². The normalized spacial score (nSPS) is 14.4. The van der Waals surface area contributed by atoms with Crippen LogP contribution < -0.4 is 4.90 Å². The Hall–Kier alpha value is -3.41. The molecule has 162 valence electrons. The number of carboxylic acid groups (broad SMARTS) is 1. The van der Waals surface area contributed by atoms with Gasteiger partial charge in [0.05, 0.1) is 19.2 Å². The highest BCUT2D eigenvalue weighted by Gasteiger charge is 2.27. The zero-order chi connectivity index (χ0) is 22.2. The molecule has 1 fully saturated rings. The van der Waals surface area contributed by atoms with Crippen molar-refractivity contribution in [2.45, 2.75) is 38.6 Å². The smallest absolute Gasteiger partial charge is 0.335 e. The molecule has 0 radical (unpaired) electrons. The summed E-state index contributed by atoms with van der Waals surface area (Å²) in [6, 6.07) is 14.0. The number of aromatic carboxylic acids is 1. The molecular weight excluding hydrogens is 394 g/mol. The highest BCUT2D eigenvalue weighted by atomic mass is 16.5. The van der Waals surface area contributed by atoms with E-state index in [2.05, 4.69) is 4.74 Å². The molecule has 1 amide bonds. The summed E-state index contributed by atoms with van der Waals surface area (Å²) < 4.78 is 4.64. The number of benzene rings is 2. The summed E-state index contributed by atoms with van der Waals surface area (Å²) in [5.74, 6) is -1.44. The quantitative estimate of drug-likeness (QED) is 0.518. The van der Waals surface area contributed by atoms with E-state index in [1.165, 1.54) is 19.3 Å². The molecular formula is C25H27NO5. The van der Waals surface area contributed by atoms with Gasteiger partial charge in [-0.05, 0) is 54.3 Å². The maximum absolute atomic E-state index is 13.5. The van der Waals surface area contributed by atoms with Crippen LogP contribution >= 0.6 is 0 Å². The van der Waals surface area contributed by atoms with Crippen LogP contribution in [0.1, 0.15) is 53.6 Å². The van der Waals surface area contributed by atoms with Crippen molar-refractivity contribution in [1.82, 2.24) is 0 Å². The second-order valence-corrected chi connectivity index (χ2v) is 7.72. The molecule has 0 bridgehead atoms. The lowest BCUT2D eigenvalue weighted by Gasteiger charge is -2.30. The van der Waals surface area contributed by atoms with Gasteiger partial charge in [0.25, 0.3) is 0 Å². The number of anilines is 1. The van der Waals surface area contributed by atoms with E-state index in [9.17, 15) is 19.5 Å². The molecule has 2 aromatic carbocycles. The first-order valence-electron chi connectivity index (χ1n) is 10.5. The lowest BCUT2D eigenvalue weighted by atomic mass is 9.88. The summed E-state index contributed by atoms with van der Waals surface area (Å²) >= 11 is 0. The SMILES string of the molecule is COC(=O)/C=C/c1cccc(N(Cc2cccc(C(=O)O)c2)C(=O)C2CCCCC2)c1. The van der Waals surface area contributed by atoms with Crippen LogP contribution in [-0.2, 0) is 20.9 Å². The number of amides is 1. The summed E-state index contributed by atoms with van der Waals surface area (Å²) in [4.78, 5) is 38.0. The molecule has 1 aliphatic rings. The van der Waals surface area contributed by atoms with Crippen LogP contribution in [0.4, 0.5) is 5.69 Å². The summed E-state index contributed by atoms with van der Waals surface area (Å²) in [5, 5.41) is 9.31. The number of esters is 1. The first-order valence-corrected chi connectivity index (χ1v) is 10.5. The molecule has 0 spiro atoms. The van der Waals surface area contributed by atoms with Crippen LogP contribution in [0.15, 0.2) is 54.6 Å². The molecule has 0 heterocycles. The van der Waals surface area contributed by atoms with Gasteiger partial charge in [-0.25, -0.2) is 9.59 Å². The highest BCUT2D eigenvalue weighted by Crippen LogP contribution is 2.29. The lowest BCUT2D eigenvalue weighted by molar-refractivity contribution is -0.134. The first kappa shape index (κ1) is 22.3. The average molecular weight is 421 g/mol. The molecule has 1 saturated carbocycles. The van der Waals surface area contributed by atoms with Crippen molar-refractivity contribution >= 4 is 29.6 Å². The van der Waals surface area contributed by atoms with Crippen molar-refractivity contribution in [3.63, 3.8) is 0 Å². The van der Waals surface area contributed by atoms with Gasteiger partial charge in [-0.15, -0.1) is 0 Å². The van der Waals surface area contributed by atoms with E-state index >= 15 is 0 Å². The topological polar surface area (TPSA) is 83.9 Å². The number of ether oxygens (including phenoxy) is 1. The van der Waals surface area contributed by atoms with Crippen molar-refractivity contribution in [2.24, 2.45) is 5.92 Å². The Morgan fingerprint density at radius 3 is 2.52 bits per heavy atom. The van der Waals surface area contributed by atoms with Gasteiger partial charge in [0, 0.05) is 17.7 Å². The van der Waals surface area contributed by atoms with Crippen molar-refractivity contribution < 1.29 is 24.2 Å². The fraction of sp³-hybridized carbons (Fsp3) is 0.320. The van der Waals surface area contributed by atoms with E-state index in [0.717, 1.165) is 43.2 Å². The van der Waals surface area contributed by atoms with Crippen LogP contribution in [0.5, 0.6) is 0 Å². The number of rotatable bonds is 7. The first-order chi connectivity index (χ1) is 15.0. The van der Waals surface area contributed by atoms with Gasteiger partial charge < -0.3 is 14.7 Å². The number of methoxy groups -OCH3 is 1. The number of carbonyl (C=O) groups excluding carboxylic acids is 2. The second-order valence-electron chi connectivity index (χ2n) is 7.72. The molecule has 2 aromatic rings. The molecule has 0 atom stereocenters. The third-order valence-corrected chi connectivity index (χ3v) is 5.53. The van der Waals surface area contributed by atoms with Gasteiger partial charge in [0.1, 0.15) is 0 Å². The van der Waals surface area contributed by atoms with Crippen LogP contribution in [0.3, 0.4) is 0 Å². The Bertz CT molecular complexity index is 975. The fourth-order valence-electron chi connectivity index (χ4n) is 3.88. The van der Waals surface area contributed by atoms with Crippen molar-refractivity contribution in [2.75, 3.05) is 12.0 Å². The van der Waals surface area contributed by atoms with E-state index in [1.807, 2.05) is 30.3 Å². The number of carbonyl (C=O) groups is 3. The molecule has 0 saturated heterocycles. The highest BCUT2D eigenvalue weighted by molar-refractivity contribution is 5.96. The van der Waals surface area contributed by atoms with Crippen molar-refractivity contribution in [1.29, 1.82) is 0 Å². The number of nitrogens with zero attached hydrogens (tertiary/aromatic N) is 1. The zero-order valence-corrected chi connectivity index (χ0v) is 17.6. The molecule has 0 unspecified atom stereocenters. The molecule has 0 aromatic heterocycles. The zero-order valence-electron chi connectivity index (χ0n) is 17.6. The summed E-state index contributed by atoms with van der Waals surface area (Å²) in [5.41, 5.74) is 2.42. The monoisotopic (exact) mass is 421 g/mol.